The summed E-state index contributed by atoms with van der Waals surface area (Å²) >= 11 is 4.99. The van der Waals surface area contributed by atoms with Gasteiger partial charge in [0.05, 0.1) is 0 Å². The number of H-pyrrole nitrogens is 1. The van der Waals surface area contributed by atoms with Gasteiger partial charge in [-0.1, -0.05) is 0 Å². The first-order valence-electron chi connectivity index (χ1n) is 4.59. The molecule has 0 radical (unpaired) electrons. The van der Waals surface area contributed by atoms with Gasteiger partial charge in [0, 0.05) is 17.8 Å². The number of nitrogens with one attached hydrogen (secondary N) is 1. The van der Waals surface area contributed by atoms with Gasteiger partial charge in [-0.2, -0.15) is 0 Å². The van der Waals surface area contributed by atoms with Crippen molar-refractivity contribution >= 4 is 12.2 Å². The van der Waals surface area contributed by atoms with Crippen molar-refractivity contribution in [1.29, 1.82) is 0 Å². The lowest BCUT2D eigenvalue weighted by molar-refractivity contribution is 0.614. The Labute approximate surface area is 82.4 Å². The smallest absolute Gasteiger partial charge is 0.196 e. The van der Waals surface area contributed by atoms with Gasteiger partial charge in [0.15, 0.2) is 4.77 Å². The second-order valence-electron chi connectivity index (χ2n) is 3.44. The molecule has 0 amide bonds. The average Bonchev–Trinajstić information content (AvgIpc) is 2.49. The van der Waals surface area contributed by atoms with Crippen molar-refractivity contribution in [2.45, 2.75) is 25.2 Å². The first-order valence-corrected chi connectivity index (χ1v) is 5.00. The molecule has 3 N–H and O–H groups in total. The van der Waals surface area contributed by atoms with Gasteiger partial charge < -0.3 is 10.7 Å². The molecule has 1 aromatic heterocycles. The number of hydrogen-bond acceptors (Lipinski definition) is 3. The van der Waals surface area contributed by atoms with E-state index in [1.807, 2.05) is 6.20 Å². The first kappa shape index (κ1) is 8.84. The van der Waals surface area contributed by atoms with Crippen molar-refractivity contribution in [2.24, 2.45) is 5.73 Å². The number of aromatic nitrogens is 2. The van der Waals surface area contributed by atoms with Crippen molar-refractivity contribution < 1.29 is 0 Å². The second-order valence-corrected chi connectivity index (χ2v) is 3.83. The van der Waals surface area contributed by atoms with Crippen molar-refractivity contribution in [3.63, 3.8) is 0 Å². The van der Waals surface area contributed by atoms with Crippen LogP contribution < -0.4 is 5.73 Å². The maximum Gasteiger partial charge on any atom is 0.196 e. The fourth-order valence-corrected chi connectivity index (χ4v) is 2.12. The lowest BCUT2D eigenvalue weighted by Crippen LogP contribution is -2.06. The van der Waals surface area contributed by atoms with E-state index in [0.29, 0.717) is 10.7 Å². The molecule has 1 aromatic rings. The number of nitrogens with zero attached hydrogens (tertiary/aromatic N) is 1. The Kier molecular flexibility index (Phi) is 2.42. The normalized spacial score (nSPS) is 20.2. The minimum Gasteiger partial charge on any atom is -0.334 e. The van der Waals surface area contributed by atoms with E-state index < -0.39 is 0 Å². The number of hydrogen-bond donors (Lipinski definition) is 2. The van der Waals surface area contributed by atoms with Gasteiger partial charge in [-0.3, -0.25) is 0 Å². The molecular weight excluding hydrogens is 182 g/mol. The Morgan fingerprint density at radius 3 is 3.31 bits per heavy atom. The quantitative estimate of drug-likeness (QED) is 0.703. The van der Waals surface area contributed by atoms with Crippen LogP contribution in [0.15, 0.2) is 6.20 Å². The molecule has 2 rings (SSSR count). The van der Waals surface area contributed by atoms with Crippen LogP contribution in [0.2, 0.25) is 0 Å². The molecule has 1 heterocycles. The number of nitrogens with two attached hydrogens (primary N) is 1. The number of fused-ring (bicyclic) bond motifs is 1. The zero-order chi connectivity index (χ0) is 9.26. The molecule has 0 saturated carbocycles. The molecule has 4 heteroatoms. The minimum atomic E-state index is 0.574. The molecule has 0 aliphatic heterocycles. The molecule has 0 spiro atoms. The number of rotatable bonds is 2. The average molecular weight is 195 g/mol. The highest BCUT2D eigenvalue weighted by atomic mass is 32.1. The van der Waals surface area contributed by atoms with Gasteiger partial charge >= 0.3 is 0 Å². The van der Waals surface area contributed by atoms with Crippen LogP contribution in [0, 0.1) is 4.77 Å². The molecule has 0 fully saturated rings. The highest BCUT2D eigenvalue weighted by Crippen LogP contribution is 2.32. The fraction of sp³-hybridized carbons (Fsp3) is 0.556. The van der Waals surface area contributed by atoms with E-state index >= 15 is 0 Å². The van der Waals surface area contributed by atoms with Crippen molar-refractivity contribution in [3.8, 4) is 0 Å². The molecule has 1 unspecified atom stereocenters. The Morgan fingerprint density at radius 2 is 2.54 bits per heavy atom. The standard InChI is InChI=1S/C9H13N3S/c10-4-3-6-1-2-7-5-11-9(13)12-8(6)7/h5-6H,1-4,10H2,(H,11,12,13). The van der Waals surface area contributed by atoms with Gasteiger partial charge in [-0.15, -0.1) is 0 Å². The molecule has 1 aliphatic carbocycles. The minimum absolute atomic E-state index is 0.574. The van der Waals surface area contributed by atoms with Crippen molar-refractivity contribution in [2.75, 3.05) is 6.54 Å². The topological polar surface area (TPSA) is 54.7 Å². The SMILES string of the molecule is NCCC1CCc2cnc(=S)[nH]c21. The van der Waals surface area contributed by atoms with E-state index in [2.05, 4.69) is 9.97 Å². The maximum atomic E-state index is 5.55. The molecule has 0 bridgehead atoms. The highest BCUT2D eigenvalue weighted by Gasteiger charge is 2.22. The molecule has 0 saturated heterocycles. The zero-order valence-corrected chi connectivity index (χ0v) is 8.23. The van der Waals surface area contributed by atoms with Crippen LogP contribution in [-0.2, 0) is 6.42 Å². The second kappa shape index (κ2) is 3.55. The lowest BCUT2D eigenvalue weighted by atomic mass is 10.0. The van der Waals surface area contributed by atoms with E-state index in [0.717, 1.165) is 19.4 Å². The predicted molar refractivity (Wildman–Crippen MR) is 54.2 cm³/mol. The largest absolute Gasteiger partial charge is 0.334 e. The Hall–Kier alpha value is -0.740. The summed E-state index contributed by atoms with van der Waals surface area (Å²) in [5.41, 5.74) is 8.13. The van der Waals surface area contributed by atoms with E-state index in [-0.39, 0.29) is 0 Å². The third kappa shape index (κ3) is 1.64. The molecular formula is C9H13N3S. The summed E-state index contributed by atoms with van der Waals surface area (Å²) < 4.78 is 0.586. The van der Waals surface area contributed by atoms with Gasteiger partial charge in [0.1, 0.15) is 0 Å². The third-order valence-electron chi connectivity index (χ3n) is 2.61. The van der Waals surface area contributed by atoms with Crippen LogP contribution in [0.1, 0.15) is 30.0 Å². The van der Waals surface area contributed by atoms with E-state index in [4.69, 9.17) is 18.0 Å². The summed E-state index contributed by atoms with van der Waals surface area (Å²) in [7, 11) is 0. The Morgan fingerprint density at radius 1 is 1.69 bits per heavy atom. The van der Waals surface area contributed by atoms with Crippen LogP contribution in [0.25, 0.3) is 0 Å². The summed E-state index contributed by atoms with van der Waals surface area (Å²) in [6, 6.07) is 0. The summed E-state index contributed by atoms with van der Waals surface area (Å²) in [6.07, 6.45) is 5.23. The van der Waals surface area contributed by atoms with Crippen LogP contribution in [0.3, 0.4) is 0 Å². The molecule has 70 valence electrons. The summed E-state index contributed by atoms with van der Waals surface area (Å²) in [4.78, 5) is 7.24. The van der Waals surface area contributed by atoms with Crippen LogP contribution in [0.4, 0.5) is 0 Å². The lowest BCUT2D eigenvalue weighted by Gasteiger charge is -2.08. The van der Waals surface area contributed by atoms with Crippen molar-refractivity contribution in [3.05, 3.63) is 22.2 Å². The van der Waals surface area contributed by atoms with E-state index in [1.54, 1.807) is 0 Å². The summed E-state index contributed by atoms with van der Waals surface area (Å²) in [5, 5.41) is 0. The number of aryl methyl sites for hydroxylation is 1. The van der Waals surface area contributed by atoms with Crippen LogP contribution in [0.5, 0.6) is 0 Å². The molecule has 3 nitrogen and oxygen atoms in total. The van der Waals surface area contributed by atoms with Gasteiger partial charge in [-0.05, 0) is 43.6 Å². The number of aromatic amines is 1. The molecule has 1 atom stereocenters. The Bertz CT molecular complexity index is 356. The third-order valence-corrected chi connectivity index (χ3v) is 2.82. The molecule has 0 aromatic carbocycles. The zero-order valence-electron chi connectivity index (χ0n) is 7.42. The van der Waals surface area contributed by atoms with Crippen molar-refractivity contribution in [1.82, 2.24) is 9.97 Å². The Balaban J connectivity index is 2.35. The fourth-order valence-electron chi connectivity index (χ4n) is 1.96. The molecule has 13 heavy (non-hydrogen) atoms. The first-order chi connectivity index (χ1) is 6.31. The van der Waals surface area contributed by atoms with E-state index in [9.17, 15) is 0 Å². The van der Waals surface area contributed by atoms with Gasteiger partial charge in [0.2, 0.25) is 0 Å². The van der Waals surface area contributed by atoms with Gasteiger partial charge in [-0.25, -0.2) is 4.98 Å². The summed E-state index contributed by atoms with van der Waals surface area (Å²) in [5.74, 6) is 0.574. The maximum absolute atomic E-state index is 5.55. The summed E-state index contributed by atoms with van der Waals surface area (Å²) in [6.45, 7) is 0.743. The van der Waals surface area contributed by atoms with E-state index in [1.165, 1.54) is 17.7 Å². The van der Waals surface area contributed by atoms with Gasteiger partial charge in [0.25, 0.3) is 0 Å². The molecule has 1 aliphatic rings. The highest BCUT2D eigenvalue weighted by molar-refractivity contribution is 7.71. The van der Waals surface area contributed by atoms with Crippen LogP contribution in [-0.4, -0.2) is 16.5 Å². The predicted octanol–water partition coefficient (Wildman–Crippen LogP) is 1.52. The monoisotopic (exact) mass is 195 g/mol. The van der Waals surface area contributed by atoms with Crippen LogP contribution >= 0.6 is 12.2 Å².